The molecule has 0 aliphatic carbocycles. The molecule has 0 aliphatic rings. The highest BCUT2D eigenvalue weighted by molar-refractivity contribution is 6.30. The van der Waals surface area contributed by atoms with Crippen molar-refractivity contribution in [2.45, 2.75) is 6.54 Å². The average molecular weight is 304 g/mol. The molecule has 1 aromatic heterocycles. The number of nitrogens with one attached hydrogen (secondary N) is 1. The van der Waals surface area contributed by atoms with Crippen LogP contribution in [0.4, 0.5) is 10.1 Å². The Bertz CT molecular complexity index is 743. The van der Waals surface area contributed by atoms with E-state index in [-0.39, 0.29) is 5.82 Å². The number of hydrogen-bond donors (Lipinski definition) is 1. The van der Waals surface area contributed by atoms with Crippen LogP contribution in [-0.2, 0) is 6.54 Å². The van der Waals surface area contributed by atoms with Crippen LogP contribution in [0, 0.1) is 5.82 Å². The maximum atomic E-state index is 13.2. The van der Waals surface area contributed by atoms with Crippen molar-refractivity contribution in [3.63, 3.8) is 0 Å². The van der Waals surface area contributed by atoms with Crippen molar-refractivity contribution in [3.05, 3.63) is 65.3 Å². The van der Waals surface area contributed by atoms with E-state index in [0.717, 1.165) is 5.69 Å². The number of aromatic nitrogens is 2. The SMILES string of the molecule is Fc1cccc(-c2noc(CNc3ccc(Cl)cc3)n2)c1. The smallest absolute Gasteiger partial charge is 0.246 e. The fourth-order valence-corrected chi connectivity index (χ4v) is 1.94. The van der Waals surface area contributed by atoms with Gasteiger partial charge in [0.15, 0.2) is 0 Å². The molecule has 0 unspecified atom stereocenters. The van der Waals surface area contributed by atoms with E-state index in [1.807, 2.05) is 12.1 Å². The molecular weight excluding hydrogens is 293 g/mol. The summed E-state index contributed by atoms with van der Waals surface area (Å²) in [5.74, 6) is 0.449. The Balaban J connectivity index is 1.69. The summed E-state index contributed by atoms with van der Waals surface area (Å²) in [6, 6.07) is 13.3. The predicted octanol–water partition coefficient (Wildman–Crippen LogP) is 4.14. The molecule has 0 radical (unpaired) electrons. The molecule has 21 heavy (non-hydrogen) atoms. The fraction of sp³-hybridized carbons (Fsp3) is 0.0667. The second-order valence-corrected chi connectivity index (χ2v) is 4.82. The normalized spacial score (nSPS) is 10.6. The van der Waals surface area contributed by atoms with E-state index in [1.165, 1.54) is 12.1 Å². The molecule has 0 bridgehead atoms. The summed E-state index contributed by atoms with van der Waals surface area (Å²) in [6.45, 7) is 0.379. The highest BCUT2D eigenvalue weighted by Crippen LogP contribution is 2.18. The van der Waals surface area contributed by atoms with Crippen LogP contribution in [0.1, 0.15) is 5.89 Å². The first-order chi connectivity index (χ1) is 10.2. The molecule has 0 saturated carbocycles. The van der Waals surface area contributed by atoms with Gasteiger partial charge in [-0.3, -0.25) is 0 Å². The second-order valence-electron chi connectivity index (χ2n) is 4.38. The molecule has 4 nitrogen and oxygen atoms in total. The molecule has 1 N–H and O–H groups in total. The Kier molecular flexibility index (Phi) is 3.83. The first-order valence-electron chi connectivity index (χ1n) is 6.29. The lowest BCUT2D eigenvalue weighted by atomic mass is 10.2. The zero-order valence-corrected chi connectivity index (χ0v) is 11.6. The van der Waals surface area contributed by atoms with Crippen LogP contribution < -0.4 is 5.32 Å². The van der Waals surface area contributed by atoms with Crippen molar-refractivity contribution in [1.29, 1.82) is 0 Å². The number of anilines is 1. The summed E-state index contributed by atoms with van der Waals surface area (Å²) in [6.07, 6.45) is 0. The number of hydrogen-bond acceptors (Lipinski definition) is 4. The van der Waals surface area contributed by atoms with Gasteiger partial charge in [0.2, 0.25) is 11.7 Å². The summed E-state index contributed by atoms with van der Waals surface area (Å²) in [4.78, 5) is 4.22. The van der Waals surface area contributed by atoms with Crippen molar-refractivity contribution in [2.24, 2.45) is 0 Å². The minimum atomic E-state index is -0.335. The van der Waals surface area contributed by atoms with Gasteiger partial charge in [-0.25, -0.2) is 4.39 Å². The summed E-state index contributed by atoms with van der Waals surface area (Å²) < 4.78 is 18.3. The van der Waals surface area contributed by atoms with Crippen LogP contribution in [0.5, 0.6) is 0 Å². The zero-order chi connectivity index (χ0) is 14.7. The molecule has 0 aliphatic heterocycles. The molecule has 0 amide bonds. The minimum Gasteiger partial charge on any atom is -0.376 e. The van der Waals surface area contributed by atoms with E-state index in [4.69, 9.17) is 16.1 Å². The van der Waals surface area contributed by atoms with E-state index in [9.17, 15) is 4.39 Å². The van der Waals surface area contributed by atoms with Crippen molar-refractivity contribution in [1.82, 2.24) is 10.1 Å². The minimum absolute atomic E-state index is 0.335. The van der Waals surface area contributed by atoms with Crippen LogP contribution in [0.25, 0.3) is 11.4 Å². The van der Waals surface area contributed by atoms with Gasteiger partial charge >= 0.3 is 0 Å². The highest BCUT2D eigenvalue weighted by atomic mass is 35.5. The molecule has 6 heteroatoms. The van der Waals surface area contributed by atoms with Crippen molar-refractivity contribution < 1.29 is 8.91 Å². The van der Waals surface area contributed by atoms with Gasteiger partial charge in [-0.1, -0.05) is 28.9 Å². The fourth-order valence-electron chi connectivity index (χ4n) is 1.82. The lowest BCUT2D eigenvalue weighted by Gasteiger charge is -2.02. The molecule has 0 fully saturated rings. The summed E-state index contributed by atoms with van der Waals surface area (Å²) in [5, 5.41) is 7.65. The van der Waals surface area contributed by atoms with Crippen molar-refractivity contribution in [2.75, 3.05) is 5.32 Å². The van der Waals surface area contributed by atoms with E-state index in [2.05, 4.69) is 15.5 Å². The van der Waals surface area contributed by atoms with Gasteiger partial charge < -0.3 is 9.84 Å². The van der Waals surface area contributed by atoms with Crippen molar-refractivity contribution in [3.8, 4) is 11.4 Å². The molecule has 0 spiro atoms. The monoisotopic (exact) mass is 303 g/mol. The van der Waals surface area contributed by atoms with Gasteiger partial charge in [0.05, 0.1) is 6.54 Å². The molecule has 2 aromatic carbocycles. The van der Waals surface area contributed by atoms with Gasteiger partial charge in [0, 0.05) is 16.3 Å². The van der Waals surface area contributed by atoms with Crippen LogP contribution in [-0.4, -0.2) is 10.1 Å². The van der Waals surface area contributed by atoms with Crippen molar-refractivity contribution >= 4 is 17.3 Å². The summed E-state index contributed by atoms with van der Waals surface area (Å²) in [7, 11) is 0. The van der Waals surface area contributed by atoms with Gasteiger partial charge in [-0.2, -0.15) is 4.98 Å². The Morgan fingerprint density at radius 3 is 2.71 bits per heavy atom. The molecule has 3 rings (SSSR count). The lowest BCUT2D eigenvalue weighted by molar-refractivity contribution is 0.384. The van der Waals surface area contributed by atoms with Crippen LogP contribution in [0.15, 0.2) is 53.1 Å². The van der Waals surface area contributed by atoms with E-state index in [1.54, 1.807) is 24.3 Å². The number of rotatable bonds is 4. The van der Waals surface area contributed by atoms with Gasteiger partial charge in [-0.15, -0.1) is 0 Å². The van der Waals surface area contributed by atoms with Crippen LogP contribution in [0.3, 0.4) is 0 Å². The Hall–Kier alpha value is -2.40. The molecule has 106 valence electrons. The number of benzene rings is 2. The van der Waals surface area contributed by atoms with Crippen LogP contribution >= 0.6 is 11.6 Å². The standard InChI is InChI=1S/C15H11ClFN3O/c16-11-4-6-13(7-5-11)18-9-14-19-15(20-21-14)10-2-1-3-12(17)8-10/h1-8,18H,9H2. The molecule has 3 aromatic rings. The molecule has 0 atom stereocenters. The Morgan fingerprint density at radius 2 is 1.95 bits per heavy atom. The predicted molar refractivity (Wildman–Crippen MR) is 78.5 cm³/mol. The third kappa shape index (κ3) is 3.38. The maximum Gasteiger partial charge on any atom is 0.246 e. The molecule has 1 heterocycles. The lowest BCUT2D eigenvalue weighted by Crippen LogP contribution is -1.99. The molecule has 0 saturated heterocycles. The third-order valence-corrected chi connectivity index (χ3v) is 3.09. The Morgan fingerprint density at radius 1 is 1.14 bits per heavy atom. The summed E-state index contributed by atoms with van der Waals surface area (Å²) >= 11 is 5.81. The Labute approximate surface area is 125 Å². The molecular formula is C15H11ClFN3O. The topological polar surface area (TPSA) is 51.0 Å². The second kappa shape index (κ2) is 5.93. The first kappa shape index (κ1) is 13.6. The summed E-state index contributed by atoms with van der Waals surface area (Å²) in [5.41, 5.74) is 1.47. The van der Waals surface area contributed by atoms with Gasteiger partial charge in [-0.05, 0) is 36.4 Å². The van der Waals surface area contributed by atoms with Gasteiger partial charge in [0.1, 0.15) is 5.82 Å². The zero-order valence-electron chi connectivity index (χ0n) is 10.9. The van der Waals surface area contributed by atoms with Crippen LogP contribution in [0.2, 0.25) is 5.02 Å². The number of halogens is 2. The van der Waals surface area contributed by atoms with Gasteiger partial charge in [0.25, 0.3) is 0 Å². The van der Waals surface area contributed by atoms with E-state index in [0.29, 0.717) is 28.8 Å². The third-order valence-electron chi connectivity index (χ3n) is 2.84. The largest absolute Gasteiger partial charge is 0.376 e. The average Bonchev–Trinajstić information content (AvgIpc) is 2.96. The highest BCUT2D eigenvalue weighted by Gasteiger charge is 2.09. The maximum absolute atomic E-state index is 13.2. The first-order valence-corrected chi connectivity index (χ1v) is 6.66. The quantitative estimate of drug-likeness (QED) is 0.787. The van der Waals surface area contributed by atoms with E-state index >= 15 is 0 Å². The van der Waals surface area contributed by atoms with E-state index < -0.39 is 0 Å². The number of nitrogens with zero attached hydrogens (tertiary/aromatic N) is 2.